The van der Waals surface area contributed by atoms with E-state index in [1.54, 1.807) is 0 Å². The molecule has 0 heterocycles. The van der Waals surface area contributed by atoms with E-state index in [9.17, 15) is 0 Å². The third-order valence-electron chi connectivity index (χ3n) is 1.11. The van der Waals surface area contributed by atoms with Crippen molar-refractivity contribution in [3.8, 4) is 0 Å². The standard InChI is InChI=1S/C5H13N.C2H6/c1-4-5(2)6-3;1-2/h5-6H,4H2,1-3H3;1-2H3. The van der Waals surface area contributed by atoms with Crippen molar-refractivity contribution in [2.75, 3.05) is 7.05 Å². The van der Waals surface area contributed by atoms with Crippen LogP contribution in [0.1, 0.15) is 34.1 Å². The molecule has 0 radical (unpaired) electrons. The zero-order valence-electron chi connectivity index (χ0n) is 6.78. The van der Waals surface area contributed by atoms with Crippen molar-refractivity contribution in [3.63, 3.8) is 0 Å². The van der Waals surface area contributed by atoms with E-state index in [0.29, 0.717) is 6.04 Å². The molecule has 1 heteroatoms. The fourth-order valence-corrected chi connectivity index (χ4v) is 0.204. The highest BCUT2D eigenvalue weighted by molar-refractivity contribution is 4.49. The van der Waals surface area contributed by atoms with E-state index in [2.05, 4.69) is 19.2 Å². The molecule has 0 saturated heterocycles. The van der Waals surface area contributed by atoms with Crippen molar-refractivity contribution in [2.24, 2.45) is 0 Å². The van der Waals surface area contributed by atoms with Crippen LogP contribution in [0.5, 0.6) is 0 Å². The SMILES string of the molecule is CC.CCC(C)NC. The summed E-state index contributed by atoms with van der Waals surface area (Å²) in [5.41, 5.74) is 0. The van der Waals surface area contributed by atoms with Crippen LogP contribution in [0, 0.1) is 0 Å². The van der Waals surface area contributed by atoms with Crippen LogP contribution in [0.4, 0.5) is 0 Å². The molecule has 0 saturated carbocycles. The lowest BCUT2D eigenvalue weighted by Gasteiger charge is -2.02. The molecular formula is C7H19N. The Morgan fingerprint density at radius 3 is 1.75 bits per heavy atom. The van der Waals surface area contributed by atoms with E-state index in [1.165, 1.54) is 6.42 Å². The summed E-state index contributed by atoms with van der Waals surface area (Å²) in [4.78, 5) is 0. The lowest BCUT2D eigenvalue weighted by Crippen LogP contribution is -2.19. The molecule has 0 aliphatic heterocycles. The normalized spacial score (nSPS) is 11.6. The Morgan fingerprint density at radius 1 is 1.38 bits per heavy atom. The first-order valence-electron chi connectivity index (χ1n) is 3.48. The third kappa shape index (κ3) is 9.35. The second-order valence-electron chi connectivity index (χ2n) is 1.60. The minimum atomic E-state index is 0.685. The van der Waals surface area contributed by atoms with Gasteiger partial charge in [0, 0.05) is 6.04 Å². The monoisotopic (exact) mass is 117 g/mol. The van der Waals surface area contributed by atoms with Crippen LogP contribution < -0.4 is 5.32 Å². The molecule has 0 aromatic heterocycles. The number of hydrogen-bond donors (Lipinski definition) is 1. The van der Waals surface area contributed by atoms with Crippen LogP contribution in [-0.4, -0.2) is 13.1 Å². The van der Waals surface area contributed by atoms with Gasteiger partial charge in [-0.3, -0.25) is 0 Å². The number of nitrogens with one attached hydrogen (secondary N) is 1. The summed E-state index contributed by atoms with van der Waals surface area (Å²) in [7, 11) is 1.98. The molecule has 0 aromatic rings. The van der Waals surface area contributed by atoms with Gasteiger partial charge in [0.1, 0.15) is 0 Å². The average Bonchev–Trinajstić information content (AvgIpc) is 1.91. The van der Waals surface area contributed by atoms with Crippen LogP contribution >= 0.6 is 0 Å². The van der Waals surface area contributed by atoms with Gasteiger partial charge in [0.25, 0.3) is 0 Å². The summed E-state index contributed by atoms with van der Waals surface area (Å²) >= 11 is 0. The van der Waals surface area contributed by atoms with Gasteiger partial charge < -0.3 is 5.32 Å². The third-order valence-corrected chi connectivity index (χ3v) is 1.11. The fourth-order valence-electron chi connectivity index (χ4n) is 0.204. The summed E-state index contributed by atoms with van der Waals surface area (Å²) in [6, 6.07) is 0.685. The molecule has 0 bridgehead atoms. The summed E-state index contributed by atoms with van der Waals surface area (Å²) in [6.07, 6.45) is 1.22. The van der Waals surface area contributed by atoms with Gasteiger partial charge in [-0.1, -0.05) is 20.8 Å². The number of hydrogen-bond acceptors (Lipinski definition) is 1. The highest BCUT2D eigenvalue weighted by Gasteiger charge is 1.86. The zero-order valence-corrected chi connectivity index (χ0v) is 6.78. The largest absolute Gasteiger partial charge is 0.317 e. The predicted octanol–water partition coefficient (Wildman–Crippen LogP) is 2.03. The average molecular weight is 117 g/mol. The summed E-state index contributed by atoms with van der Waals surface area (Å²) in [5.74, 6) is 0. The van der Waals surface area contributed by atoms with E-state index in [-0.39, 0.29) is 0 Å². The first-order valence-corrected chi connectivity index (χ1v) is 3.48. The van der Waals surface area contributed by atoms with E-state index in [4.69, 9.17) is 0 Å². The van der Waals surface area contributed by atoms with Crippen LogP contribution in [0.2, 0.25) is 0 Å². The van der Waals surface area contributed by atoms with Crippen LogP contribution in [-0.2, 0) is 0 Å². The maximum atomic E-state index is 3.11. The van der Waals surface area contributed by atoms with E-state index >= 15 is 0 Å². The van der Waals surface area contributed by atoms with Gasteiger partial charge in [-0.2, -0.15) is 0 Å². The van der Waals surface area contributed by atoms with Gasteiger partial charge in [-0.25, -0.2) is 0 Å². The van der Waals surface area contributed by atoms with Crippen molar-refractivity contribution >= 4 is 0 Å². The van der Waals surface area contributed by atoms with E-state index in [1.807, 2.05) is 20.9 Å². The van der Waals surface area contributed by atoms with Crippen molar-refractivity contribution in [1.29, 1.82) is 0 Å². The van der Waals surface area contributed by atoms with Gasteiger partial charge in [0.2, 0.25) is 0 Å². The van der Waals surface area contributed by atoms with Crippen molar-refractivity contribution < 1.29 is 0 Å². The summed E-state index contributed by atoms with van der Waals surface area (Å²) < 4.78 is 0. The van der Waals surface area contributed by atoms with Crippen LogP contribution in [0.3, 0.4) is 0 Å². The van der Waals surface area contributed by atoms with Crippen LogP contribution in [0.15, 0.2) is 0 Å². The highest BCUT2D eigenvalue weighted by atomic mass is 14.8. The molecule has 1 N–H and O–H groups in total. The van der Waals surface area contributed by atoms with Crippen molar-refractivity contribution in [3.05, 3.63) is 0 Å². The molecule has 0 spiro atoms. The molecule has 1 atom stereocenters. The smallest absolute Gasteiger partial charge is 0.00331 e. The Bertz CT molecular complexity index is 23.6. The molecule has 0 fully saturated rings. The second-order valence-corrected chi connectivity index (χ2v) is 1.60. The quantitative estimate of drug-likeness (QED) is 0.583. The Labute approximate surface area is 53.5 Å². The lowest BCUT2D eigenvalue weighted by atomic mass is 10.3. The summed E-state index contributed by atoms with van der Waals surface area (Å²) in [5, 5.41) is 3.11. The van der Waals surface area contributed by atoms with E-state index < -0.39 is 0 Å². The first-order chi connectivity index (χ1) is 3.81. The lowest BCUT2D eigenvalue weighted by molar-refractivity contribution is 0.593. The maximum Gasteiger partial charge on any atom is 0.00331 e. The molecule has 0 amide bonds. The maximum absolute atomic E-state index is 3.11. The van der Waals surface area contributed by atoms with Crippen molar-refractivity contribution in [2.45, 2.75) is 40.2 Å². The Kier molecular flexibility index (Phi) is 13.6. The second kappa shape index (κ2) is 10.0. The van der Waals surface area contributed by atoms with Crippen molar-refractivity contribution in [1.82, 2.24) is 5.32 Å². The number of rotatable bonds is 2. The molecule has 8 heavy (non-hydrogen) atoms. The summed E-state index contributed by atoms with van der Waals surface area (Å²) in [6.45, 7) is 8.33. The molecule has 0 rings (SSSR count). The molecule has 0 aromatic carbocycles. The zero-order chi connectivity index (χ0) is 6.99. The van der Waals surface area contributed by atoms with E-state index in [0.717, 1.165) is 0 Å². The molecule has 1 nitrogen and oxygen atoms in total. The predicted molar refractivity (Wildman–Crippen MR) is 40.2 cm³/mol. The van der Waals surface area contributed by atoms with Gasteiger partial charge in [0.15, 0.2) is 0 Å². The molecule has 0 aliphatic rings. The molecule has 52 valence electrons. The fraction of sp³-hybridized carbons (Fsp3) is 1.00. The van der Waals surface area contributed by atoms with Gasteiger partial charge in [-0.15, -0.1) is 0 Å². The highest BCUT2D eigenvalue weighted by Crippen LogP contribution is 1.82. The topological polar surface area (TPSA) is 12.0 Å². The Hall–Kier alpha value is -0.0400. The van der Waals surface area contributed by atoms with Crippen LogP contribution in [0.25, 0.3) is 0 Å². The minimum absolute atomic E-state index is 0.685. The Morgan fingerprint density at radius 2 is 1.75 bits per heavy atom. The first kappa shape index (κ1) is 10.9. The Balaban J connectivity index is 0. The molecule has 0 aliphatic carbocycles. The minimum Gasteiger partial charge on any atom is -0.317 e. The van der Waals surface area contributed by atoms with Gasteiger partial charge in [0.05, 0.1) is 0 Å². The molecule has 1 unspecified atom stereocenters. The van der Waals surface area contributed by atoms with Gasteiger partial charge >= 0.3 is 0 Å². The van der Waals surface area contributed by atoms with Gasteiger partial charge in [-0.05, 0) is 20.4 Å². The molecular weight excluding hydrogens is 98.1 g/mol.